The van der Waals surface area contributed by atoms with Gasteiger partial charge in [0.25, 0.3) is 0 Å². The number of carbonyl (C=O) groups is 1. The van der Waals surface area contributed by atoms with Gasteiger partial charge in [-0.3, -0.25) is 0 Å². The second-order valence-corrected chi connectivity index (χ2v) is 9.30. The number of rotatable bonds is 3. The highest BCUT2D eigenvalue weighted by Crippen LogP contribution is 2.54. The van der Waals surface area contributed by atoms with Gasteiger partial charge in [0.05, 0.1) is 6.61 Å². The van der Waals surface area contributed by atoms with Gasteiger partial charge in [-0.25, -0.2) is 4.79 Å². The smallest absolute Gasteiger partial charge is 0.333 e. The van der Waals surface area contributed by atoms with E-state index in [1.807, 2.05) is 0 Å². The van der Waals surface area contributed by atoms with E-state index >= 15 is 0 Å². The van der Waals surface area contributed by atoms with Crippen molar-refractivity contribution in [1.82, 2.24) is 0 Å². The van der Waals surface area contributed by atoms with Gasteiger partial charge in [-0.2, -0.15) is 0 Å². The molecule has 0 bridgehead atoms. The van der Waals surface area contributed by atoms with E-state index in [-0.39, 0.29) is 18.8 Å². The zero-order valence-electron chi connectivity index (χ0n) is 17.3. The van der Waals surface area contributed by atoms with E-state index in [0.717, 1.165) is 51.4 Å². The summed E-state index contributed by atoms with van der Waals surface area (Å²) in [4.78, 5) is 12.1. The summed E-state index contributed by atoms with van der Waals surface area (Å²) in [6, 6.07) is 0. The van der Waals surface area contributed by atoms with Crippen molar-refractivity contribution in [3.8, 4) is 0 Å². The molecule has 162 valence electrons. The second-order valence-electron chi connectivity index (χ2n) is 9.30. The molecule has 3 aliphatic heterocycles. The summed E-state index contributed by atoms with van der Waals surface area (Å²) in [6.45, 7) is 5.70. The predicted molar refractivity (Wildman–Crippen MR) is 102 cm³/mol. The van der Waals surface area contributed by atoms with Crippen LogP contribution in [0.4, 0.5) is 0 Å². The van der Waals surface area contributed by atoms with Crippen LogP contribution in [0.25, 0.3) is 0 Å². The number of ether oxygens (including phenoxy) is 6. The molecule has 7 heteroatoms. The molecule has 2 aliphatic carbocycles. The Morgan fingerprint density at radius 2 is 1.62 bits per heavy atom. The third-order valence-corrected chi connectivity index (χ3v) is 6.99. The highest BCUT2D eigenvalue weighted by atomic mass is 16.9. The lowest BCUT2D eigenvalue weighted by Gasteiger charge is -2.45. The molecule has 0 radical (unpaired) electrons. The Balaban J connectivity index is 1.40. The fourth-order valence-electron chi connectivity index (χ4n) is 5.53. The minimum atomic E-state index is -1.15. The maximum Gasteiger partial charge on any atom is 0.333 e. The molecule has 0 aromatic rings. The first-order chi connectivity index (χ1) is 14.0. The topological polar surface area (TPSA) is 72.5 Å². The maximum atomic E-state index is 12.1. The molecule has 0 N–H and O–H groups in total. The summed E-state index contributed by atoms with van der Waals surface area (Å²) in [6.07, 6.45) is 9.12. The molecule has 3 heterocycles. The van der Waals surface area contributed by atoms with Crippen LogP contribution >= 0.6 is 0 Å². The standard InChI is InChI=1S/C22H32O7/c1-15(2)19(23)24-14-22-18(28-21(29-22)11-7-4-8-12-21)17-16(26-22)13-25-20(27-17)9-5-3-6-10-20/h16-18H,1,3-14H2,2H3/t16-,17-,18+,22-/m1/s1. The first-order valence-electron chi connectivity index (χ1n) is 11.2. The Labute approximate surface area is 172 Å². The lowest BCUT2D eigenvalue weighted by molar-refractivity contribution is -0.353. The predicted octanol–water partition coefficient (Wildman–Crippen LogP) is 3.35. The van der Waals surface area contributed by atoms with E-state index in [9.17, 15) is 4.79 Å². The van der Waals surface area contributed by atoms with E-state index in [0.29, 0.717) is 12.2 Å². The molecule has 7 nitrogen and oxygen atoms in total. The van der Waals surface area contributed by atoms with Crippen LogP contribution in [-0.4, -0.2) is 54.9 Å². The molecule has 0 unspecified atom stereocenters. The Morgan fingerprint density at radius 3 is 2.28 bits per heavy atom. The fraction of sp³-hybridized carbons (Fsp3) is 0.864. The average Bonchev–Trinajstić information content (AvgIpc) is 3.16. The quantitative estimate of drug-likeness (QED) is 0.524. The van der Waals surface area contributed by atoms with Crippen LogP contribution < -0.4 is 0 Å². The summed E-state index contributed by atoms with van der Waals surface area (Å²) in [5, 5.41) is 0. The van der Waals surface area contributed by atoms with Crippen LogP contribution in [0.1, 0.15) is 71.1 Å². The maximum absolute atomic E-state index is 12.1. The number of esters is 1. The minimum Gasteiger partial charge on any atom is -0.456 e. The van der Waals surface area contributed by atoms with E-state index in [4.69, 9.17) is 28.4 Å². The van der Waals surface area contributed by atoms with Gasteiger partial charge in [-0.1, -0.05) is 19.4 Å². The summed E-state index contributed by atoms with van der Waals surface area (Å²) >= 11 is 0. The van der Waals surface area contributed by atoms with E-state index in [1.54, 1.807) is 6.92 Å². The monoisotopic (exact) mass is 408 g/mol. The Morgan fingerprint density at radius 1 is 0.966 bits per heavy atom. The van der Waals surface area contributed by atoms with Gasteiger partial charge >= 0.3 is 5.97 Å². The largest absolute Gasteiger partial charge is 0.456 e. The molecular formula is C22H32O7. The zero-order valence-corrected chi connectivity index (χ0v) is 17.3. The second kappa shape index (κ2) is 7.31. The van der Waals surface area contributed by atoms with Crippen LogP contribution in [0.3, 0.4) is 0 Å². The SMILES string of the molecule is C=C(C)C(=O)OC[C@]12O[C@@H]3COC4(CCCCC4)O[C@H]3[C@@H]1OC1(CCCCC1)O2. The lowest BCUT2D eigenvalue weighted by atomic mass is 9.92. The van der Waals surface area contributed by atoms with Gasteiger partial charge in [-0.05, 0) is 32.6 Å². The van der Waals surface area contributed by atoms with Gasteiger partial charge in [-0.15, -0.1) is 0 Å². The van der Waals surface area contributed by atoms with Gasteiger partial charge in [0.1, 0.15) is 24.9 Å². The number of hydrogen-bond acceptors (Lipinski definition) is 7. The fourth-order valence-corrected chi connectivity index (χ4v) is 5.53. The number of hydrogen-bond donors (Lipinski definition) is 0. The first kappa shape index (κ1) is 19.9. The first-order valence-corrected chi connectivity index (χ1v) is 11.2. The third-order valence-electron chi connectivity index (χ3n) is 6.99. The van der Waals surface area contributed by atoms with Crippen molar-refractivity contribution in [3.05, 3.63) is 12.2 Å². The summed E-state index contributed by atoms with van der Waals surface area (Å²) in [7, 11) is 0. The Kier molecular flexibility index (Phi) is 5.02. The van der Waals surface area contributed by atoms with Crippen LogP contribution in [0, 0.1) is 0 Å². The highest BCUT2D eigenvalue weighted by Gasteiger charge is 2.70. The molecule has 0 amide bonds. The molecule has 0 aromatic carbocycles. The van der Waals surface area contributed by atoms with Crippen molar-refractivity contribution in [2.75, 3.05) is 13.2 Å². The molecule has 5 fully saturated rings. The summed E-state index contributed by atoms with van der Waals surface area (Å²) in [5.41, 5.74) is 0.348. The van der Waals surface area contributed by atoms with Crippen LogP contribution in [0.15, 0.2) is 12.2 Å². The molecule has 2 saturated carbocycles. The van der Waals surface area contributed by atoms with E-state index in [2.05, 4.69) is 6.58 Å². The Hall–Kier alpha value is -0.990. The zero-order chi connectivity index (χ0) is 20.1. The van der Waals surface area contributed by atoms with Crippen molar-refractivity contribution >= 4 is 5.97 Å². The van der Waals surface area contributed by atoms with Crippen molar-refractivity contribution in [1.29, 1.82) is 0 Å². The molecule has 0 aromatic heterocycles. The van der Waals surface area contributed by atoms with Crippen LogP contribution in [-0.2, 0) is 33.2 Å². The third kappa shape index (κ3) is 3.45. The van der Waals surface area contributed by atoms with Crippen LogP contribution in [0.2, 0.25) is 0 Å². The molecule has 4 atom stereocenters. The highest BCUT2D eigenvalue weighted by molar-refractivity contribution is 5.86. The van der Waals surface area contributed by atoms with Crippen LogP contribution in [0.5, 0.6) is 0 Å². The minimum absolute atomic E-state index is 0.0333. The van der Waals surface area contributed by atoms with Crippen molar-refractivity contribution in [2.45, 2.75) is 107 Å². The Bertz CT molecular complexity index is 664. The van der Waals surface area contributed by atoms with Gasteiger partial charge in [0, 0.05) is 31.3 Å². The van der Waals surface area contributed by atoms with E-state index in [1.165, 1.54) is 12.8 Å². The average molecular weight is 408 g/mol. The molecule has 3 saturated heterocycles. The van der Waals surface area contributed by atoms with E-state index < -0.39 is 29.4 Å². The number of fused-ring (bicyclic) bond motifs is 3. The van der Waals surface area contributed by atoms with Crippen molar-refractivity contribution < 1.29 is 33.2 Å². The van der Waals surface area contributed by atoms with Crippen molar-refractivity contribution in [3.63, 3.8) is 0 Å². The molecule has 29 heavy (non-hydrogen) atoms. The van der Waals surface area contributed by atoms with Gasteiger partial charge in [0.15, 0.2) is 11.6 Å². The lowest BCUT2D eigenvalue weighted by Crippen LogP contribution is -2.54. The summed E-state index contributed by atoms with van der Waals surface area (Å²) in [5.74, 6) is -2.82. The summed E-state index contributed by atoms with van der Waals surface area (Å²) < 4.78 is 37.7. The van der Waals surface area contributed by atoms with Crippen molar-refractivity contribution in [2.24, 2.45) is 0 Å². The molecular weight excluding hydrogens is 376 g/mol. The molecule has 5 aliphatic rings. The van der Waals surface area contributed by atoms with Gasteiger partial charge < -0.3 is 28.4 Å². The number of carbonyl (C=O) groups excluding carboxylic acids is 1. The normalized spacial score (nSPS) is 39.8. The van der Waals surface area contributed by atoms with Gasteiger partial charge in [0.2, 0.25) is 5.79 Å². The molecule has 5 rings (SSSR count). The molecule has 2 spiro atoms.